The van der Waals surface area contributed by atoms with Gasteiger partial charge in [-0.05, 0) is 49.2 Å². The SMILES string of the molecule is CCOC(=O)c1c(NC(=O)c2ccc3ccccc3c2)sc2c1CC[NH+](C(C)C)C2. The predicted octanol–water partition coefficient (Wildman–Crippen LogP) is 3.68. The lowest BCUT2D eigenvalue weighted by molar-refractivity contribution is -0.936. The van der Waals surface area contributed by atoms with Gasteiger partial charge < -0.3 is 15.0 Å². The Morgan fingerprint density at radius 2 is 1.93 bits per heavy atom. The second-order valence-corrected chi connectivity index (χ2v) is 9.04. The number of carbonyl (C=O) groups excluding carboxylic acids is 2. The summed E-state index contributed by atoms with van der Waals surface area (Å²) < 4.78 is 5.32. The molecule has 1 aromatic heterocycles. The molecule has 2 aromatic carbocycles. The number of hydrogen-bond acceptors (Lipinski definition) is 4. The van der Waals surface area contributed by atoms with E-state index >= 15 is 0 Å². The fourth-order valence-corrected chi connectivity index (χ4v) is 5.29. The number of fused-ring (bicyclic) bond motifs is 2. The van der Waals surface area contributed by atoms with Crippen molar-refractivity contribution < 1.29 is 19.2 Å². The molecule has 2 heterocycles. The lowest BCUT2D eigenvalue weighted by atomic mass is 10.0. The van der Waals surface area contributed by atoms with Crippen LogP contribution in [-0.2, 0) is 17.7 Å². The molecule has 0 fully saturated rings. The molecule has 30 heavy (non-hydrogen) atoms. The molecule has 0 radical (unpaired) electrons. The third-order valence-electron chi connectivity index (χ3n) is 5.71. The molecule has 5 nitrogen and oxygen atoms in total. The number of nitrogens with one attached hydrogen (secondary N) is 2. The van der Waals surface area contributed by atoms with E-state index in [2.05, 4.69) is 19.2 Å². The van der Waals surface area contributed by atoms with Crippen molar-refractivity contribution in [2.24, 2.45) is 0 Å². The monoisotopic (exact) mass is 423 g/mol. The van der Waals surface area contributed by atoms with E-state index in [4.69, 9.17) is 4.74 Å². The lowest BCUT2D eigenvalue weighted by Crippen LogP contribution is -3.14. The standard InChI is InChI=1S/C24H26N2O3S/c1-4-29-24(28)21-19-11-12-26(15(2)3)14-20(19)30-23(21)25-22(27)18-10-9-16-7-5-6-8-17(16)13-18/h5-10,13,15H,4,11-12,14H2,1-3H3,(H,25,27)/p+1. The minimum absolute atomic E-state index is 0.210. The third kappa shape index (κ3) is 3.98. The van der Waals surface area contributed by atoms with Crippen LogP contribution in [0.25, 0.3) is 10.8 Å². The normalized spacial score (nSPS) is 15.8. The van der Waals surface area contributed by atoms with Crippen molar-refractivity contribution in [1.29, 1.82) is 0 Å². The Bertz CT molecular complexity index is 1100. The van der Waals surface area contributed by atoms with E-state index in [1.807, 2.05) is 42.5 Å². The smallest absolute Gasteiger partial charge is 0.341 e. The van der Waals surface area contributed by atoms with Gasteiger partial charge >= 0.3 is 5.97 Å². The molecule has 4 rings (SSSR count). The Balaban J connectivity index is 1.66. The highest BCUT2D eigenvalue weighted by Crippen LogP contribution is 2.35. The molecule has 0 saturated carbocycles. The fourth-order valence-electron chi connectivity index (χ4n) is 4.01. The summed E-state index contributed by atoms with van der Waals surface area (Å²) >= 11 is 1.51. The van der Waals surface area contributed by atoms with Gasteiger partial charge in [-0.2, -0.15) is 0 Å². The van der Waals surface area contributed by atoms with Gasteiger partial charge in [-0.15, -0.1) is 11.3 Å². The molecule has 0 saturated heterocycles. The maximum Gasteiger partial charge on any atom is 0.341 e. The van der Waals surface area contributed by atoms with Crippen LogP contribution in [0.1, 0.15) is 51.9 Å². The van der Waals surface area contributed by atoms with Crippen LogP contribution in [0, 0.1) is 0 Å². The second kappa shape index (κ2) is 8.58. The predicted molar refractivity (Wildman–Crippen MR) is 121 cm³/mol. The highest BCUT2D eigenvalue weighted by atomic mass is 32.1. The quantitative estimate of drug-likeness (QED) is 0.616. The Hall–Kier alpha value is -2.70. The number of esters is 1. The van der Waals surface area contributed by atoms with Gasteiger partial charge in [0, 0.05) is 12.0 Å². The number of ether oxygens (including phenoxy) is 1. The number of rotatable bonds is 5. The average molecular weight is 424 g/mol. The first kappa shape index (κ1) is 20.6. The summed E-state index contributed by atoms with van der Waals surface area (Å²) in [6.45, 7) is 8.38. The van der Waals surface area contributed by atoms with Crippen LogP contribution in [0.2, 0.25) is 0 Å². The van der Waals surface area contributed by atoms with Crippen molar-refractivity contribution in [3.8, 4) is 0 Å². The van der Waals surface area contributed by atoms with Crippen molar-refractivity contribution in [3.63, 3.8) is 0 Å². The summed E-state index contributed by atoms with van der Waals surface area (Å²) in [5, 5.41) is 5.70. The second-order valence-electron chi connectivity index (χ2n) is 7.93. The van der Waals surface area contributed by atoms with E-state index in [9.17, 15) is 9.59 Å². The minimum atomic E-state index is -0.350. The Kier molecular flexibility index (Phi) is 5.88. The van der Waals surface area contributed by atoms with Crippen LogP contribution in [0.15, 0.2) is 42.5 Å². The molecule has 156 valence electrons. The van der Waals surface area contributed by atoms with Gasteiger partial charge in [0.1, 0.15) is 11.5 Å². The molecule has 2 N–H and O–H groups in total. The van der Waals surface area contributed by atoms with E-state index in [0.29, 0.717) is 28.8 Å². The van der Waals surface area contributed by atoms with Crippen LogP contribution >= 0.6 is 11.3 Å². The zero-order chi connectivity index (χ0) is 21.3. The zero-order valence-electron chi connectivity index (χ0n) is 17.6. The first-order chi connectivity index (χ1) is 14.5. The van der Waals surface area contributed by atoms with Gasteiger partial charge in [-0.25, -0.2) is 4.79 Å². The Morgan fingerprint density at radius 3 is 2.67 bits per heavy atom. The largest absolute Gasteiger partial charge is 0.462 e. The van der Waals surface area contributed by atoms with E-state index in [1.165, 1.54) is 21.1 Å². The minimum Gasteiger partial charge on any atom is -0.462 e. The number of thiophene rings is 1. The van der Waals surface area contributed by atoms with Gasteiger partial charge in [0.05, 0.1) is 29.6 Å². The van der Waals surface area contributed by atoms with Gasteiger partial charge in [-0.3, -0.25) is 4.79 Å². The van der Waals surface area contributed by atoms with E-state index in [0.717, 1.165) is 35.8 Å². The number of hydrogen-bond donors (Lipinski definition) is 2. The van der Waals surface area contributed by atoms with Crippen LogP contribution in [0.4, 0.5) is 5.00 Å². The molecule has 0 bridgehead atoms. The molecule has 6 heteroatoms. The van der Waals surface area contributed by atoms with E-state index in [-0.39, 0.29) is 11.9 Å². The van der Waals surface area contributed by atoms with Crippen LogP contribution in [-0.4, -0.2) is 31.1 Å². The highest BCUT2D eigenvalue weighted by Gasteiger charge is 2.32. The Morgan fingerprint density at radius 1 is 1.17 bits per heavy atom. The molecule has 1 atom stereocenters. The molecule has 1 amide bonds. The molecule has 1 aliphatic heterocycles. The van der Waals surface area contributed by atoms with Crippen molar-refractivity contribution in [1.82, 2.24) is 0 Å². The molecule has 0 spiro atoms. The lowest BCUT2D eigenvalue weighted by Gasteiger charge is -2.27. The zero-order valence-corrected chi connectivity index (χ0v) is 18.4. The summed E-state index contributed by atoms with van der Waals surface area (Å²) in [6, 6.07) is 14.1. The van der Waals surface area contributed by atoms with Crippen molar-refractivity contribution in [2.45, 2.75) is 39.8 Å². The van der Waals surface area contributed by atoms with Crippen LogP contribution < -0.4 is 10.2 Å². The van der Waals surface area contributed by atoms with E-state index < -0.39 is 0 Å². The number of amides is 1. The summed E-state index contributed by atoms with van der Waals surface area (Å²) in [4.78, 5) is 28.4. The molecular formula is C24H27N2O3S+. The van der Waals surface area contributed by atoms with Gasteiger partial charge in [-0.1, -0.05) is 30.3 Å². The molecular weight excluding hydrogens is 396 g/mol. The number of carbonyl (C=O) groups is 2. The van der Waals surface area contributed by atoms with E-state index in [1.54, 1.807) is 6.92 Å². The van der Waals surface area contributed by atoms with Crippen LogP contribution in [0.5, 0.6) is 0 Å². The summed E-state index contributed by atoms with van der Waals surface area (Å²) in [6.07, 6.45) is 0.819. The van der Waals surface area contributed by atoms with Crippen molar-refractivity contribution in [3.05, 3.63) is 64.0 Å². The molecule has 1 aliphatic rings. The van der Waals surface area contributed by atoms with Gasteiger partial charge in [0.2, 0.25) is 0 Å². The van der Waals surface area contributed by atoms with Gasteiger partial charge in [0.15, 0.2) is 0 Å². The first-order valence-corrected chi connectivity index (χ1v) is 11.3. The summed E-state index contributed by atoms with van der Waals surface area (Å²) in [7, 11) is 0. The first-order valence-electron chi connectivity index (χ1n) is 10.4. The highest BCUT2D eigenvalue weighted by molar-refractivity contribution is 7.17. The maximum absolute atomic E-state index is 13.0. The third-order valence-corrected chi connectivity index (χ3v) is 6.86. The number of quaternary nitrogens is 1. The van der Waals surface area contributed by atoms with Gasteiger partial charge in [0.25, 0.3) is 5.91 Å². The fraction of sp³-hybridized carbons (Fsp3) is 0.333. The Labute approximate surface area is 180 Å². The molecule has 1 unspecified atom stereocenters. The van der Waals surface area contributed by atoms with Crippen molar-refractivity contribution >= 4 is 39.0 Å². The summed E-state index contributed by atoms with van der Waals surface area (Å²) in [5.41, 5.74) is 2.15. The topological polar surface area (TPSA) is 59.8 Å². The summed E-state index contributed by atoms with van der Waals surface area (Å²) in [5.74, 6) is -0.560. The van der Waals surface area contributed by atoms with Crippen LogP contribution in [0.3, 0.4) is 0 Å². The number of anilines is 1. The molecule has 0 aliphatic carbocycles. The molecule has 3 aromatic rings. The average Bonchev–Trinajstić information content (AvgIpc) is 3.10. The maximum atomic E-state index is 13.0. The van der Waals surface area contributed by atoms with Crippen molar-refractivity contribution in [2.75, 3.05) is 18.5 Å². The number of benzene rings is 2.